The molecule has 1 aromatic carbocycles. The molecular weight excluding hydrogens is 296 g/mol. The Morgan fingerprint density at radius 2 is 2.05 bits per heavy atom. The number of nitrogens with one attached hydrogen (secondary N) is 1. The summed E-state index contributed by atoms with van der Waals surface area (Å²) in [6, 6.07) is 7.97. The van der Waals surface area contributed by atoms with Crippen molar-refractivity contribution in [2.75, 3.05) is 4.72 Å². The number of nitrogens with zero attached hydrogens (tertiary/aromatic N) is 2. The Kier molecular flexibility index (Phi) is 3.78. The van der Waals surface area contributed by atoms with Crippen LogP contribution in [0, 0.1) is 6.92 Å². The van der Waals surface area contributed by atoms with E-state index in [1.807, 2.05) is 0 Å². The number of rotatable bonds is 4. The molecule has 1 heterocycles. The van der Waals surface area contributed by atoms with Crippen LogP contribution in [0.2, 0.25) is 0 Å². The number of thiocarbonyl (C=S) groups is 1. The van der Waals surface area contributed by atoms with Gasteiger partial charge in [0.15, 0.2) is 0 Å². The Morgan fingerprint density at radius 3 is 2.60 bits per heavy atom. The average molecular weight is 310 g/mol. The number of aromatic nitrogens is 2. The predicted molar refractivity (Wildman–Crippen MR) is 81.1 cm³/mol. The van der Waals surface area contributed by atoms with Crippen molar-refractivity contribution >= 4 is 33.0 Å². The van der Waals surface area contributed by atoms with Crippen molar-refractivity contribution in [3.05, 3.63) is 41.6 Å². The van der Waals surface area contributed by atoms with Gasteiger partial charge in [-0.3, -0.25) is 9.40 Å². The van der Waals surface area contributed by atoms with Crippen LogP contribution in [0.5, 0.6) is 0 Å². The van der Waals surface area contributed by atoms with Crippen LogP contribution in [0.15, 0.2) is 35.2 Å². The van der Waals surface area contributed by atoms with Crippen LogP contribution in [0.3, 0.4) is 0 Å². The number of benzene rings is 1. The van der Waals surface area contributed by atoms with Gasteiger partial charge in [-0.15, -0.1) is 0 Å². The molecule has 0 saturated carbocycles. The molecule has 0 atom stereocenters. The molecule has 2 aromatic rings. The Labute approximate surface area is 122 Å². The van der Waals surface area contributed by atoms with Crippen molar-refractivity contribution in [1.82, 2.24) is 9.78 Å². The van der Waals surface area contributed by atoms with Crippen molar-refractivity contribution in [3.8, 4) is 0 Å². The molecule has 6 nitrogen and oxygen atoms in total. The molecular formula is C12H14N4O2S2. The van der Waals surface area contributed by atoms with E-state index in [1.165, 1.54) is 10.7 Å². The summed E-state index contributed by atoms with van der Waals surface area (Å²) < 4.78 is 28.8. The number of nitrogens with two attached hydrogens (primary N) is 1. The van der Waals surface area contributed by atoms with Crippen LogP contribution in [0.25, 0.3) is 0 Å². The summed E-state index contributed by atoms with van der Waals surface area (Å²) in [7, 11) is -2.12. The quantitative estimate of drug-likeness (QED) is 0.827. The van der Waals surface area contributed by atoms with E-state index >= 15 is 0 Å². The number of hydrogen-bond donors (Lipinski definition) is 2. The zero-order valence-electron chi connectivity index (χ0n) is 11.0. The number of anilines is 1. The molecule has 1 aromatic heterocycles. The molecule has 0 saturated heterocycles. The van der Waals surface area contributed by atoms with Gasteiger partial charge in [0.25, 0.3) is 10.0 Å². The van der Waals surface area contributed by atoms with E-state index in [2.05, 4.69) is 9.82 Å². The summed E-state index contributed by atoms with van der Waals surface area (Å²) in [5.74, 6) is 0.375. The largest absolute Gasteiger partial charge is 0.389 e. The molecule has 20 heavy (non-hydrogen) atoms. The molecule has 0 aliphatic rings. The Balaban J connectivity index is 2.46. The van der Waals surface area contributed by atoms with Gasteiger partial charge in [0.1, 0.15) is 10.8 Å². The number of hydrogen-bond acceptors (Lipinski definition) is 4. The zero-order valence-corrected chi connectivity index (χ0v) is 12.6. The van der Waals surface area contributed by atoms with Crippen molar-refractivity contribution < 1.29 is 8.42 Å². The van der Waals surface area contributed by atoms with Crippen LogP contribution < -0.4 is 10.5 Å². The Morgan fingerprint density at radius 1 is 1.40 bits per heavy atom. The lowest BCUT2D eigenvalue weighted by Crippen LogP contribution is -2.20. The third kappa shape index (κ3) is 2.81. The Bertz CT molecular complexity index is 766. The highest BCUT2D eigenvalue weighted by atomic mass is 32.2. The second-order valence-corrected chi connectivity index (χ2v) is 6.35. The van der Waals surface area contributed by atoms with E-state index < -0.39 is 10.0 Å². The SMILES string of the molecule is Cc1cc(NS(=O)(=O)c2ccccc2C(N)=S)n(C)n1. The second kappa shape index (κ2) is 5.22. The Hall–Kier alpha value is -1.93. The fourth-order valence-electron chi connectivity index (χ4n) is 1.80. The van der Waals surface area contributed by atoms with Gasteiger partial charge in [-0.25, -0.2) is 8.42 Å². The van der Waals surface area contributed by atoms with E-state index in [0.29, 0.717) is 17.1 Å². The summed E-state index contributed by atoms with van der Waals surface area (Å²) in [6.07, 6.45) is 0. The number of aryl methyl sites for hydroxylation is 2. The third-order valence-electron chi connectivity index (χ3n) is 2.68. The molecule has 0 aliphatic heterocycles. The molecule has 0 aliphatic carbocycles. The molecule has 0 spiro atoms. The van der Waals surface area contributed by atoms with Crippen LogP contribution >= 0.6 is 12.2 Å². The summed E-state index contributed by atoms with van der Waals surface area (Å²) in [5.41, 5.74) is 6.59. The van der Waals surface area contributed by atoms with Crippen LogP contribution in [-0.4, -0.2) is 23.2 Å². The van der Waals surface area contributed by atoms with Crippen molar-refractivity contribution in [3.63, 3.8) is 0 Å². The fraction of sp³-hybridized carbons (Fsp3) is 0.167. The minimum absolute atomic E-state index is 0.0344. The molecule has 0 amide bonds. The van der Waals surface area contributed by atoms with Crippen LogP contribution in [0.4, 0.5) is 5.82 Å². The predicted octanol–water partition coefficient (Wildman–Crippen LogP) is 1.16. The summed E-state index contributed by atoms with van der Waals surface area (Å²) in [6.45, 7) is 1.78. The van der Waals surface area contributed by atoms with Gasteiger partial charge in [-0.05, 0) is 13.0 Å². The molecule has 0 unspecified atom stereocenters. The molecule has 0 bridgehead atoms. The zero-order chi connectivity index (χ0) is 14.9. The van der Waals surface area contributed by atoms with E-state index in [-0.39, 0.29) is 9.88 Å². The lowest BCUT2D eigenvalue weighted by Gasteiger charge is -2.11. The van der Waals surface area contributed by atoms with Gasteiger partial charge in [-0.2, -0.15) is 5.10 Å². The van der Waals surface area contributed by atoms with Gasteiger partial charge >= 0.3 is 0 Å². The lowest BCUT2D eigenvalue weighted by atomic mass is 10.2. The second-order valence-electron chi connectivity index (χ2n) is 4.26. The molecule has 0 radical (unpaired) electrons. The number of sulfonamides is 1. The van der Waals surface area contributed by atoms with Crippen LogP contribution in [0.1, 0.15) is 11.3 Å². The normalized spacial score (nSPS) is 11.3. The van der Waals surface area contributed by atoms with Gasteiger partial charge in [0.05, 0.1) is 10.6 Å². The average Bonchev–Trinajstić information content (AvgIpc) is 2.67. The van der Waals surface area contributed by atoms with E-state index in [4.69, 9.17) is 18.0 Å². The van der Waals surface area contributed by atoms with Gasteiger partial charge in [0.2, 0.25) is 0 Å². The maximum absolute atomic E-state index is 12.4. The van der Waals surface area contributed by atoms with Crippen molar-refractivity contribution in [2.24, 2.45) is 12.8 Å². The van der Waals surface area contributed by atoms with Gasteiger partial charge < -0.3 is 5.73 Å². The molecule has 2 rings (SSSR count). The smallest absolute Gasteiger partial charge is 0.263 e. The highest BCUT2D eigenvalue weighted by Gasteiger charge is 2.20. The minimum atomic E-state index is -3.78. The van der Waals surface area contributed by atoms with E-state index in [1.54, 1.807) is 38.2 Å². The summed E-state index contributed by atoms with van der Waals surface area (Å²) in [4.78, 5) is 0.0820. The molecule has 8 heteroatoms. The molecule has 3 N–H and O–H groups in total. The first-order chi connectivity index (χ1) is 9.31. The maximum atomic E-state index is 12.4. The highest BCUT2D eigenvalue weighted by Crippen LogP contribution is 2.19. The monoisotopic (exact) mass is 310 g/mol. The molecule has 106 valence electrons. The van der Waals surface area contributed by atoms with Crippen molar-refractivity contribution in [2.45, 2.75) is 11.8 Å². The van der Waals surface area contributed by atoms with E-state index in [0.717, 1.165) is 0 Å². The summed E-state index contributed by atoms with van der Waals surface area (Å²) in [5, 5.41) is 4.09. The molecule has 0 fully saturated rings. The maximum Gasteiger partial charge on any atom is 0.263 e. The third-order valence-corrected chi connectivity index (χ3v) is 4.32. The first-order valence-corrected chi connectivity index (χ1v) is 7.62. The topological polar surface area (TPSA) is 90.0 Å². The summed E-state index contributed by atoms with van der Waals surface area (Å²) >= 11 is 4.88. The minimum Gasteiger partial charge on any atom is -0.389 e. The van der Waals surface area contributed by atoms with Crippen molar-refractivity contribution in [1.29, 1.82) is 0 Å². The lowest BCUT2D eigenvalue weighted by molar-refractivity contribution is 0.600. The highest BCUT2D eigenvalue weighted by molar-refractivity contribution is 7.93. The van der Waals surface area contributed by atoms with Gasteiger partial charge in [0, 0.05) is 18.7 Å². The fourth-order valence-corrected chi connectivity index (χ4v) is 3.35. The first kappa shape index (κ1) is 14.5. The van der Waals surface area contributed by atoms with Crippen LogP contribution in [-0.2, 0) is 17.1 Å². The standard InChI is InChI=1S/C12H14N4O2S2/c1-8-7-11(16(2)14-8)15-20(17,18)10-6-4-3-5-9(10)12(13)19/h3-7,15H,1-2H3,(H2,13,19). The van der Waals surface area contributed by atoms with Gasteiger partial charge in [-0.1, -0.05) is 30.4 Å². The van der Waals surface area contributed by atoms with E-state index in [9.17, 15) is 8.42 Å². The first-order valence-electron chi connectivity index (χ1n) is 5.73.